The van der Waals surface area contributed by atoms with Gasteiger partial charge in [0.05, 0.1) is 11.0 Å². The van der Waals surface area contributed by atoms with E-state index in [0.29, 0.717) is 5.56 Å². The number of aryl methyl sites for hydroxylation is 1. The number of anilines is 1. The summed E-state index contributed by atoms with van der Waals surface area (Å²) in [5.74, 6) is -1.80. The number of hydrogen-bond donors (Lipinski definition) is 2. The van der Waals surface area contributed by atoms with Gasteiger partial charge in [0.25, 0.3) is 0 Å². The third-order valence-corrected chi connectivity index (χ3v) is 3.02. The van der Waals surface area contributed by atoms with Crippen LogP contribution in [0.4, 0.5) is 18.9 Å². The van der Waals surface area contributed by atoms with Gasteiger partial charge in [-0.05, 0) is 38.5 Å². The first kappa shape index (κ1) is 17.0. The van der Waals surface area contributed by atoms with E-state index in [9.17, 15) is 22.8 Å². The van der Waals surface area contributed by atoms with Gasteiger partial charge >= 0.3 is 12.1 Å². The van der Waals surface area contributed by atoms with Gasteiger partial charge in [-0.3, -0.25) is 9.59 Å². The van der Waals surface area contributed by atoms with Crippen LogP contribution in [-0.2, 0) is 15.8 Å². The molecule has 0 aliphatic rings. The van der Waals surface area contributed by atoms with E-state index in [1.54, 1.807) is 6.92 Å². The summed E-state index contributed by atoms with van der Waals surface area (Å²) < 4.78 is 37.9. The molecule has 1 aromatic rings. The van der Waals surface area contributed by atoms with E-state index in [4.69, 9.17) is 5.11 Å². The van der Waals surface area contributed by atoms with Crippen molar-refractivity contribution in [3.8, 4) is 0 Å². The number of amides is 1. The number of alkyl halides is 3. The van der Waals surface area contributed by atoms with Crippen LogP contribution in [0.25, 0.3) is 0 Å². The zero-order valence-corrected chi connectivity index (χ0v) is 11.8. The van der Waals surface area contributed by atoms with Gasteiger partial charge in [0.2, 0.25) is 5.91 Å². The summed E-state index contributed by atoms with van der Waals surface area (Å²) in [7, 11) is 0. The molecule has 0 heterocycles. The molecule has 116 valence electrons. The average Bonchev–Trinajstić information content (AvgIpc) is 2.29. The summed E-state index contributed by atoms with van der Waals surface area (Å²) in [4.78, 5) is 22.7. The quantitative estimate of drug-likeness (QED) is 0.895. The molecule has 0 aliphatic carbocycles. The number of rotatable bonds is 4. The second-order valence-electron chi connectivity index (χ2n) is 5.44. The summed E-state index contributed by atoms with van der Waals surface area (Å²) in [6.07, 6.45) is -4.84. The molecule has 0 aliphatic heterocycles. The number of carboxylic acid groups (broad SMARTS) is 1. The molecule has 0 saturated heterocycles. The lowest BCUT2D eigenvalue weighted by Gasteiger charge is -2.19. The fraction of sp³-hybridized carbons (Fsp3) is 0.429. The highest BCUT2D eigenvalue weighted by molar-refractivity contribution is 5.94. The van der Waals surface area contributed by atoms with Crippen LogP contribution >= 0.6 is 0 Å². The summed E-state index contributed by atoms with van der Waals surface area (Å²) in [5, 5.41) is 11.3. The summed E-state index contributed by atoms with van der Waals surface area (Å²) in [6, 6.07) is 3.01. The second kappa shape index (κ2) is 5.75. The highest BCUT2D eigenvalue weighted by Gasteiger charge is 2.32. The van der Waals surface area contributed by atoms with Crippen LogP contribution in [0.15, 0.2) is 18.2 Å². The fourth-order valence-corrected chi connectivity index (χ4v) is 1.60. The SMILES string of the molecule is Cc1ccc(C(F)(F)F)cc1NC(=O)CC(C)(C)C(=O)O. The molecule has 0 aromatic heterocycles. The molecule has 0 radical (unpaired) electrons. The van der Waals surface area contributed by atoms with Gasteiger partial charge in [-0.1, -0.05) is 6.07 Å². The zero-order chi connectivity index (χ0) is 16.4. The molecule has 21 heavy (non-hydrogen) atoms. The molecular formula is C14H16F3NO3. The molecule has 0 saturated carbocycles. The minimum Gasteiger partial charge on any atom is -0.481 e. The lowest BCUT2D eigenvalue weighted by molar-refractivity contribution is -0.149. The highest BCUT2D eigenvalue weighted by Crippen LogP contribution is 2.32. The molecule has 0 fully saturated rings. The topological polar surface area (TPSA) is 66.4 Å². The predicted molar refractivity (Wildman–Crippen MR) is 70.8 cm³/mol. The lowest BCUT2D eigenvalue weighted by Crippen LogP contribution is -2.29. The van der Waals surface area contributed by atoms with E-state index >= 15 is 0 Å². The maximum absolute atomic E-state index is 12.6. The number of carbonyl (C=O) groups is 2. The van der Waals surface area contributed by atoms with Crippen molar-refractivity contribution in [2.75, 3.05) is 5.32 Å². The molecule has 1 amide bonds. The molecule has 4 nitrogen and oxygen atoms in total. The number of carboxylic acids is 1. The smallest absolute Gasteiger partial charge is 0.416 e. The highest BCUT2D eigenvalue weighted by atomic mass is 19.4. The Kier molecular flexibility index (Phi) is 4.65. The van der Waals surface area contributed by atoms with Crippen LogP contribution in [0.2, 0.25) is 0 Å². The van der Waals surface area contributed by atoms with Crippen molar-refractivity contribution in [1.29, 1.82) is 0 Å². The van der Waals surface area contributed by atoms with Crippen LogP contribution in [0.3, 0.4) is 0 Å². The number of benzene rings is 1. The first-order valence-corrected chi connectivity index (χ1v) is 6.14. The molecule has 0 atom stereocenters. The molecule has 0 spiro atoms. The Morgan fingerprint density at radius 1 is 1.24 bits per heavy atom. The second-order valence-corrected chi connectivity index (χ2v) is 5.44. The third kappa shape index (κ3) is 4.47. The number of carbonyl (C=O) groups excluding carboxylic acids is 1. The van der Waals surface area contributed by atoms with Crippen molar-refractivity contribution in [3.63, 3.8) is 0 Å². The minimum atomic E-state index is -4.51. The first-order valence-electron chi connectivity index (χ1n) is 6.14. The van der Waals surface area contributed by atoms with E-state index in [1.807, 2.05) is 0 Å². The van der Waals surface area contributed by atoms with Gasteiger partial charge in [-0.25, -0.2) is 0 Å². The predicted octanol–water partition coefficient (Wildman–Crippen LogP) is 3.45. The molecular weight excluding hydrogens is 287 g/mol. The lowest BCUT2D eigenvalue weighted by atomic mass is 9.89. The molecule has 1 aromatic carbocycles. The van der Waals surface area contributed by atoms with Gasteiger partial charge in [0.15, 0.2) is 0 Å². The van der Waals surface area contributed by atoms with E-state index < -0.39 is 29.0 Å². The molecule has 0 unspecified atom stereocenters. The summed E-state index contributed by atoms with van der Waals surface area (Å²) in [5.41, 5.74) is -1.68. The van der Waals surface area contributed by atoms with Gasteiger partial charge in [-0.15, -0.1) is 0 Å². The van der Waals surface area contributed by atoms with Crippen LogP contribution in [0.1, 0.15) is 31.4 Å². The van der Waals surface area contributed by atoms with Crippen LogP contribution in [0, 0.1) is 12.3 Å². The van der Waals surface area contributed by atoms with Gasteiger partial charge in [-0.2, -0.15) is 13.2 Å². The molecule has 2 N–H and O–H groups in total. The van der Waals surface area contributed by atoms with E-state index in [0.717, 1.165) is 12.1 Å². The Hall–Kier alpha value is -2.05. The maximum atomic E-state index is 12.6. The Labute approximate surface area is 120 Å². The van der Waals surface area contributed by atoms with E-state index in [-0.39, 0.29) is 12.1 Å². The van der Waals surface area contributed by atoms with Crippen molar-refractivity contribution in [1.82, 2.24) is 0 Å². The summed E-state index contributed by atoms with van der Waals surface area (Å²) >= 11 is 0. The first-order chi connectivity index (χ1) is 9.43. The Bertz CT molecular complexity index is 565. The average molecular weight is 303 g/mol. The van der Waals surface area contributed by atoms with E-state index in [2.05, 4.69) is 5.32 Å². The zero-order valence-electron chi connectivity index (χ0n) is 11.8. The maximum Gasteiger partial charge on any atom is 0.416 e. The molecule has 7 heteroatoms. The number of aliphatic carboxylic acids is 1. The van der Waals surface area contributed by atoms with Crippen molar-refractivity contribution in [2.24, 2.45) is 5.41 Å². The monoisotopic (exact) mass is 303 g/mol. The van der Waals surface area contributed by atoms with Crippen LogP contribution < -0.4 is 5.32 Å². The number of hydrogen-bond acceptors (Lipinski definition) is 2. The number of halogens is 3. The van der Waals surface area contributed by atoms with Gasteiger partial charge in [0.1, 0.15) is 0 Å². The van der Waals surface area contributed by atoms with Crippen molar-refractivity contribution in [2.45, 2.75) is 33.4 Å². The van der Waals surface area contributed by atoms with Crippen molar-refractivity contribution < 1.29 is 27.9 Å². The Morgan fingerprint density at radius 3 is 2.29 bits per heavy atom. The minimum absolute atomic E-state index is 0.0241. The normalized spacial score (nSPS) is 12.1. The Morgan fingerprint density at radius 2 is 1.81 bits per heavy atom. The standard InChI is InChI=1S/C14H16F3NO3/c1-8-4-5-9(14(15,16)17)6-10(8)18-11(19)7-13(2,3)12(20)21/h4-6H,7H2,1-3H3,(H,18,19)(H,20,21). The summed E-state index contributed by atoms with van der Waals surface area (Å²) in [6.45, 7) is 4.29. The molecule has 1 rings (SSSR count). The van der Waals surface area contributed by atoms with Gasteiger partial charge in [0, 0.05) is 12.1 Å². The third-order valence-electron chi connectivity index (χ3n) is 3.02. The Balaban J connectivity index is 2.93. The molecule has 0 bridgehead atoms. The van der Waals surface area contributed by atoms with Gasteiger partial charge < -0.3 is 10.4 Å². The van der Waals surface area contributed by atoms with Crippen LogP contribution in [0.5, 0.6) is 0 Å². The van der Waals surface area contributed by atoms with Crippen molar-refractivity contribution >= 4 is 17.6 Å². The van der Waals surface area contributed by atoms with Crippen molar-refractivity contribution in [3.05, 3.63) is 29.3 Å². The largest absolute Gasteiger partial charge is 0.481 e. The fourth-order valence-electron chi connectivity index (χ4n) is 1.60. The van der Waals surface area contributed by atoms with E-state index in [1.165, 1.54) is 19.9 Å². The van der Waals surface area contributed by atoms with Crippen LogP contribution in [-0.4, -0.2) is 17.0 Å². The number of nitrogens with one attached hydrogen (secondary N) is 1.